The van der Waals surface area contributed by atoms with Crippen LogP contribution < -0.4 is 15.2 Å². The lowest BCUT2D eigenvalue weighted by atomic mass is 9.93. The molecule has 0 fully saturated rings. The fraction of sp³-hybridized carbons (Fsp3) is 0.200. The Labute approximate surface area is 165 Å². The van der Waals surface area contributed by atoms with E-state index >= 15 is 0 Å². The van der Waals surface area contributed by atoms with Crippen LogP contribution >= 0.6 is 0 Å². The first kappa shape index (κ1) is 18.3. The Bertz CT molecular complexity index is 1100. The fourth-order valence-corrected chi connectivity index (χ4v) is 3.77. The van der Waals surface area contributed by atoms with Crippen LogP contribution in [0.25, 0.3) is 21.5 Å². The summed E-state index contributed by atoms with van der Waals surface area (Å²) in [5.74, 6) is 1.82. The molecule has 0 saturated heterocycles. The number of fused-ring (bicyclic) bond motifs is 2. The molecule has 0 atom stereocenters. The highest BCUT2D eigenvalue weighted by Crippen LogP contribution is 2.36. The Hall–Kier alpha value is -3.04. The molecule has 0 aromatic heterocycles. The van der Waals surface area contributed by atoms with Crippen LogP contribution in [0.2, 0.25) is 0 Å². The first-order valence-electron chi connectivity index (χ1n) is 9.78. The van der Waals surface area contributed by atoms with Crippen LogP contribution in [0.3, 0.4) is 0 Å². The van der Waals surface area contributed by atoms with Crippen LogP contribution in [0.4, 0.5) is 0 Å². The first-order chi connectivity index (χ1) is 13.8. The first-order valence-corrected chi connectivity index (χ1v) is 9.78. The summed E-state index contributed by atoms with van der Waals surface area (Å²) >= 11 is 0. The quantitative estimate of drug-likeness (QED) is 0.478. The maximum Gasteiger partial charge on any atom is 0.123 e. The van der Waals surface area contributed by atoms with Crippen LogP contribution in [0.15, 0.2) is 72.8 Å². The van der Waals surface area contributed by atoms with E-state index in [-0.39, 0.29) is 0 Å². The molecule has 0 bridgehead atoms. The molecule has 0 spiro atoms. The molecule has 28 heavy (non-hydrogen) atoms. The van der Waals surface area contributed by atoms with Crippen LogP contribution in [0.1, 0.15) is 18.1 Å². The molecule has 3 heteroatoms. The lowest BCUT2D eigenvalue weighted by Crippen LogP contribution is -2.12. The van der Waals surface area contributed by atoms with E-state index in [1.165, 1.54) is 32.7 Å². The predicted molar refractivity (Wildman–Crippen MR) is 116 cm³/mol. The molecule has 0 radical (unpaired) electrons. The van der Waals surface area contributed by atoms with Gasteiger partial charge in [0.05, 0.1) is 6.61 Å². The second kappa shape index (κ2) is 8.32. The summed E-state index contributed by atoms with van der Waals surface area (Å²) in [5.41, 5.74) is 8.04. The number of nitrogens with two attached hydrogens (primary N) is 1. The molecule has 4 rings (SSSR count). The average Bonchev–Trinajstić information content (AvgIpc) is 2.74. The zero-order valence-electron chi connectivity index (χ0n) is 16.2. The average molecular weight is 371 g/mol. The molecule has 0 aliphatic carbocycles. The van der Waals surface area contributed by atoms with E-state index in [9.17, 15) is 0 Å². The van der Waals surface area contributed by atoms with Crippen molar-refractivity contribution in [3.63, 3.8) is 0 Å². The van der Waals surface area contributed by atoms with E-state index in [1.54, 1.807) is 0 Å². The molecule has 0 amide bonds. The minimum atomic E-state index is 0.491. The third kappa shape index (κ3) is 3.54. The zero-order chi connectivity index (χ0) is 19.3. The van der Waals surface area contributed by atoms with E-state index in [2.05, 4.69) is 72.8 Å². The lowest BCUT2D eigenvalue weighted by molar-refractivity contribution is 0.325. The zero-order valence-corrected chi connectivity index (χ0v) is 16.2. The molecule has 0 saturated carbocycles. The van der Waals surface area contributed by atoms with Gasteiger partial charge in [0.15, 0.2) is 0 Å². The van der Waals surface area contributed by atoms with Crippen molar-refractivity contribution in [3.05, 3.63) is 83.9 Å². The molecule has 142 valence electrons. The standard InChI is InChI=1S/C25H25NO2/c1-2-27-24-13-11-18-7-3-5-9-20(18)22(24)17-23-21-10-6-4-8-19(21)12-14-25(23)28-16-15-26/h3-14H,2,15-17,26H2,1H3. The molecule has 3 nitrogen and oxygen atoms in total. The van der Waals surface area contributed by atoms with E-state index in [1.807, 2.05) is 6.92 Å². The SMILES string of the molecule is CCOc1ccc2ccccc2c1Cc1c(OCCN)ccc2ccccc12. The highest BCUT2D eigenvalue weighted by Gasteiger charge is 2.15. The summed E-state index contributed by atoms with van der Waals surface area (Å²) < 4.78 is 12.0. The van der Waals surface area contributed by atoms with Gasteiger partial charge in [-0.3, -0.25) is 0 Å². The summed E-state index contributed by atoms with van der Waals surface area (Å²) in [6, 6.07) is 25.3. The van der Waals surface area contributed by atoms with Gasteiger partial charge in [0.2, 0.25) is 0 Å². The van der Waals surface area contributed by atoms with Crippen molar-refractivity contribution in [1.29, 1.82) is 0 Å². The number of hydrogen-bond donors (Lipinski definition) is 1. The lowest BCUT2D eigenvalue weighted by Gasteiger charge is -2.18. The van der Waals surface area contributed by atoms with Crippen molar-refractivity contribution in [2.75, 3.05) is 19.8 Å². The van der Waals surface area contributed by atoms with Crippen LogP contribution in [0, 0.1) is 0 Å². The number of hydrogen-bond acceptors (Lipinski definition) is 3. The molecular formula is C25H25NO2. The van der Waals surface area contributed by atoms with E-state index in [4.69, 9.17) is 15.2 Å². The monoisotopic (exact) mass is 371 g/mol. The fourth-order valence-electron chi connectivity index (χ4n) is 3.77. The maximum atomic E-state index is 6.01. The summed E-state index contributed by atoms with van der Waals surface area (Å²) in [4.78, 5) is 0. The molecule has 0 unspecified atom stereocenters. The number of ether oxygens (including phenoxy) is 2. The summed E-state index contributed by atoms with van der Waals surface area (Å²) in [6.45, 7) is 3.65. The third-order valence-electron chi connectivity index (χ3n) is 5.02. The van der Waals surface area contributed by atoms with E-state index < -0.39 is 0 Å². The van der Waals surface area contributed by atoms with Gasteiger partial charge in [-0.15, -0.1) is 0 Å². The smallest absolute Gasteiger partial charge is 0.123 e. The Morgan fingerprint density at radius 2 is 1.21 bits per heavy atom. The van der Waals surface area contributed by atoms with Crippen molar-refractivity contribution >= 4 is 21.5 Å². The highest BCUT2D eigenvalue weighted by atomic mass is 16.5. The minimum Gasteiger partial charge on any atom is -0.494 e. The largest absolute Gasteiger partial charge is 0.494 e. The van der Waals surface area contributed by atoms with Gasteiger partial charge < -0.3 is 15.2 Å². The number of benzene rings is 4. The Morgan fingerprint density at radius 3 is 1.75 bits per heavy atom. The van der Waals surface area contributed by atoms with Gasteiger partial charge in [-0.05, 0) is 40.6 Å². The predicted octanol–water partition coefficient (Wildman–Crippen LogP) is 5.32. The van der Waals surface area contributed by atoms with Crippen molar-refractivity contribution < 1.29 is 9.47 Å². The topological polar surface area (TPSA) is 44.5 Å². The number of rotatable bonds is 7. The van der Waals surface area contributed by atoms with Gasteiger partial charge in [-0.1, -0.05) is 60.7 Å². The molecule has 4 aromatic rings. The summed E-state index contributed by atoms with van der Waals surface area (Å²) in [5, 5.41) is 4.83. The van der Waals surface area contributed by atoms with Crippen LogP contribution in [-0.2, 0) is 6.42 Å². The van der Waals surface area contributed by atoms with Gasteiger partial charge in [0, 0.05) is 24.1 Å². The molecule has 0 heterocycles. The van der Waals surface area contributed by atoms with Crippen LogP contribution in [-0.4, -0.2) is 19.8 Å². The third-order valence-corrected chi connectivity index (χ3v) is 5.02. The van der Waals surface area contributed by atoms with E-state index in [0.29, 0.717) is 19.8 Å². The van der Waals surface area contributed by atoms with Crippen molar-refractivity contribution in [2.45, 2.75) is 13.3 Å². The van der Waals surface area contributed by atoms with Gasteiger partial charge >= 0.3 is 0 Å². The normalized spacial score (nSPS) is 11.1. The summed E-state index contributed by atoms with van der Waals surface area (Å²) in [7, 11) is 0. The Morgan fingerprint density at radius 1 is 0.679 bits per heavy atom. The van der Waals surface area contributed by atoms with Crippen molar-refractivity contribution in [1.82, 2.24) is 0 Å². The minimum absolute atomic E-state index is 0.491. The Balaban J connectivity index is 1.91. The van der Waals surface area contributed by atoms with Gasteiger partial charge in [-0.25, -0.2) is 0 Å². The molecular weight excluding hydrogens is 346 g/mol. The van der Waals surface area contributed by atoms with Gasteiger partial charge in [0.1, 0.15) is 18.1 Å². The van der Waals surface area contributed by atoms with Gasteiger partial charge in [-0.2, -0.15) is 0 Å². The molecule has 2 N–H and O–H groups in total. The maximum absolute atomic E-state index is 6.01. The molecule has 0 aliphatic heterocycles. The van der Waals surface area contributed by atoms with Crippen molar-refractivity contribution in [3.8, 4) is 11.5 Å². The Kier molecular flexibility index (Phi) is 5.45. The second-order valence-corrected chi connectivity index (χ2v) is 6.77. The summed E-state index contributed by atoms with van der Waals surface area (Å²) in [6.07, 6.45) is 0.734. The molecule has 4 aromatic carbocycles. The van der Waals surface area contributed by atoms with Gasteiger partial charge in [0.25, 0.3) is 0 Å². The second-order valence-electron chi connectivity index (χ2n) is 6.77. The van der Waals surface area contributed by atoms with Crippen LogP contribution in [0.5, 0.6) is 11.5 Å². The van der Waals surface area contributed by atoms with Crippen molar-refractivity contribution in [2.24, 2.45) is 5.73 Å². The highest BCUT2D eigenvalue weighted by molar-refractivity contribution is 5.91. The molecule has 0 aliphatic rings. The van der Waals surface area contributed by atoms with E-state index in [0.717, 1.165) is 17.9 Å².